The fourth-order valence-electron chi connectivity index (χ4n) is 4.74. The zero-order chi connectivity index (χ0) is 24.2. The van der Waals surface area contributed by atoms with Gasteiger partial charge in [0, 0.05) is 38.4 Å². The molecule has 10 heteroatoms. The van der Waals surface area contributed by atoms with Crippen LogP contribution in [0, 0.1) is 10.1 Å². The summed E-state index contributed by atoms with van der Waals surface area (Å²) in [4.78, 5) is 20.3. The molecule has 0 bridgehead atoms. The van der Waals surface area contributed by atoms with Crippen LogP contribution in [0.2, 0.25) is 0 Å². The number of benzene rings is 1. The van der Waals surface area contributed by atoms with Gasteiger partial charge in [-0.05, 0) is 49.0 Å². The Kier molecular flexibility index (Phi) is 7.03. The minimum atomic E-state index is -0.390. The van der Waals surface area contributed by atoms with Gasteiger partial charge in [-0.2, -0.15) is 0 Å². The van der Waals surface area contributed by atoms with Crippen molar-refractivity contribution in [3.05, 3.63) is 82.4 Å². The lowest BCUT2D eigenvalue weighted by Gasteiger charge is -2.29. The molecule has 1 aromatic carbocycles. The summed E-state index contributed by atoms with van der Waals surface area (Å²) in [5.74, 6) is 1.14. The van der Waals surface area contributed by atoms with Gasteiger partial charge >= 0.3 is 0 Å². The van der Waals surface area contributed by atoms with Crippen molar-refractivity contribution >= 4 is 23.0 Å². The van der Waals surface area contributed by atoms with Crippen LogP contribution in [0.15, 0.2) is 65.2 Å². The highest BCUT2D eigenvalue weighted by atomic mass is 32.1. The highest BCUT2D eigenvalue weighted by Gasteiger charge is 2.41. The van der Waals surface area contributed by atoms with Crippen molar-refractivity contribution in [2.75, 3.05) is 39.4 Å². The van der Waals surface area contributed by atoms with Crippen LogP contribution in [-0.4, -0.2) is 64.2 Å². The number of hydrogen-bond acceptors (Lipinski definition) is 7. The van der Waals surface area contributed by atoms with E-state index in [4.69, 9.17) is 21.4 Å². The highest BCUT2D eigenvalue weighted by Crippen LogP contribution is 2.41. The third-order valence-electron chi connectivity index (χ3n) is 6.46. The molecule has 2 aromatic heterocycles. The van der Waals surface area contributed by atoms with Crippen LogP contribution in [0.5, 0.6) is 0 Å². The molecule has 2 aliphatic heterocycles. The number of nitro benzene ring substituents is 1. The van der Waals surface area contributed by atoms with Gasteiger partial charge in [0.25, 0.3) is 5.69 Å². The Morgan fingerprint density at radius 1 is 1.09 bits per heavy atom. The maximum atomic E-state index is 11.5. The van der Waals surface area contributed by atoms with Crippen molar-refractivity contribution in [3.8, 4) is 11.3 Å². The molecular formula is C25H27N5O4S. The summed E-state index contributed by atoms with van der Waals surface area (Å²) in [7, 11) is 0. The van der Waals surface area contributed by atoms with Crippen LogP contribution in [-0.2, 0) is 4.74 Å². The van der Waals surface area contributed by atoms with Gasteiger partial charge in [0.2, 0.25) is 0 Å². The van der Waals surface area contributed by atoms with E-state index in [1.165, 1.54) is 6.07 Å². The molecule has 0 aliphatic carbocycles. The average molecular weight is 494 g/mol. The van der Waals surface area contributed by atoms with E-state index in [1.54, 1.807) is 30.5 Å². The Morgan fingerprint density at radius 2 is 1.89 bits per heavy atom. The summed E-state index contributed by atoms with van der Waals surface area (Å²) in [6.45, 7) is 5.14. The van der Waals surface area contributed by atoms with Crippen LogP contribution in [0.3, 0.4) is 0 Å². The number of para-hydroxylation sites is 1. The Balaban J connectivity index is 1.42. The largest absolute Gasteiger partial charge is 0.459 e. The molecule has 2 atom stereocenters. The summed E-state index contributed by atoms with van der Waals surface area (Å²) in [5, 5.41) is 15.6. The first-order valence-corrected chi connectivity index (χ1v) is 12.1. The van der Waals surface area contributed by atoms with Crippen molar-refractivity contribution in [3.63, 3.8) is 0 Å². The molecule has 35 heavy (non-hydrogen) atoms. The smallest absolute Gasteiger partial charge is 0.280 e. The number of hydrogen-bond donors (Lipinski definition) is 1. The number of ether oxygens (including phenoxy) is 1. The summed E-state index contributed by atoms with van der Waals surface area (Å²) in [5.41, 5.74) is 1.32. The summed E-state index contributed by atoms with van der Waals surface area (Å²) in [6.07, 6.45) is 2.70. The number of thiocarbonyl (C=S) groups is 1. The molecule has 3 aromatic rings. The van der Waals surface area contributed by atoms with E-state index < -0.39 is 4.92 Å². The maximum Gasteiger partial charge on any atom is 0.280 e. The molecule has 1 N–H and O–H groups in total. The molecule has 0 saturated carbocycles. The van der Waals surface area contributed by atoms with Gasteiger partial charge in [0.15, 0.2) is 5.11 Å². The van der Waals surface area contributed by atoms with Gasteiger partial charge in [-0.1, -0.05) is 18.2 Å². The molecule has 2 saturated heterocycles. The first-order valence-electron chi connectivity index (χ1n) is 11.7. The topological polar surface area (TPSA) is 96.9 Å². The second kappa shape index (κ2) is 10.5. The number of morpholine rings is 1. The Labute approximate surface area is 208 Å². The van der Waals surface area contributed by atoms with Crippen molar-refractivity contribution in [1.29, 1.82) is 0 Å². The zero-order valence-corrected chi connectivity index (χ0v) is 20.0. The van der Waals surface area contributed by atoms with Crippen molar-refractivity contribution in [2.24, 2.45) is 0 Å². The lowest BCUT2D eigenvalue weighted by atomic mass is 10.0. The predicted octanol–water partition coefficient (Wildman–Crippen LogP) is 3.94. The third-order valence-corrected chi connectivity index (χ3v) is 6.81. The van der Waals surface area contributed by atoms with Gasteiger partial charge in [-0.15, -0.1) is 0 Å². The number of nitrogens with zero attached hydrogens (tertiary/aromatic N) is 4. The molecule has 9 nitrogen and oxygen atoms in total. The first kappa shape index (κ1) is 23.4. The second-order valence-corrected chi connectivity index (χ2v) is 8.99. The van der Waals surface area contributed by atoms with E-state index >= 15 is 0 Å². The predicted molar refractivity (Wildman–Crippen MR) is 135 cm³/mol. The fourth-order valence-corrected chi connectivity index (χ4v) is 5.07. The van der Waals surface area contributed by atoms with Crippen LogP contribution in [0.4, 0.5) is 5.69 Å². The van der Waals surface area contributed by atoms with E-state index in [0.717, 1.165) is 51.5 Å². The molecule has 0 unspecified atom stereocenters. The monoisotopic (exact) mass is 493 g/mol. The van der Waals surface area contributed by atoms with E-state index in [2.05, 4.69) is 20.1 Å². The Hall–Kier alpha value is -3.34. The normalized spacial score (nSPS) is 20.7. The molecular weight excluding hydrogens is 466 g/mol. The Bertz CT molecular complexity index is 1180. The van der Waals surface area contributed by atoms with Gasteiger partial charge in [0.05, 0.1) is 35.4 Å². The molecule has 0 amide bonds. The number of nitro groups is 1. The standard InChI is InChI=1S/C25H27N5O4S/c31-30(32)20-8-2-1-6-18(20)21-9-10-22(34-21)24-23(19-7-3-4-11-26-19)27-25(35)29(24)13-5-12-28-14-16-33-17-15-28/h1-4,6-11,23-24H,5,12-17H2,(H,27,35)/t23-,24+/m0/s1. The molecule has 5 rings (SSSR count). The van der Waals surface area contributed by atoms with Gasteiger partial charge in [-0.3, -0.25) is 20.0 Å². The van der Waals surface area contributed by atoms with Crippen LogP contribution >= 0.6 is 12.2 Å². The molecule has 0 spiro atoms. The average Bonchev–Trinajstić information content (AvgIpc) is 3.50. The molecule has 182 valence electrons. The number of aromatic nitrogens is 1. The van der Waals surface area contributed by atoms with Gasteiger partial charge in [0.1, 0.15) is 17.6 Å². The number of furan rings is 1. The Morgan fingerprint density at radius 3 is 2.66 bits per heavy atom. The molecule has 2 fully saturated rings. The van der Waals surface area contributed by atoms with Crippen LogP contribution in [0.25, 0.3) is 11.3 Å². The van der Waals surface area contributed by atoms with Gasteiger partial charge in [-0.25, -0.2) is 0 Å². The number of nitrogens with one attached hydrogen (secondary N) is 1. The SMILES string of the molecule is O=[N+]([O-])c1ccccc1-c1ccc([C@@H]2[C@H](c3ccccn3)NC(=S)N2CCCN2CCOCC2)o1. The number of rotatable bonds is 8. The highest BCUT2D eigenvalue weighted by molar-refractivity contribution is 7.80. The summed E-state index contributed by atoms with van der Waals surface area (Å²) >= 11 is 5.74. The van der Waals surface area contributed by atoms with Crippen molar-refractivity contribution in [2.45, 2.75) is 18.5 Å². The van der Waals surface area contributed by atoms with E-state index in [9.17, 15) is 10.1 Å². The minimum absolute atomic E-state index is 0.0112. The fraction of sp³-hybridized carbons (Fsp3) is 0.360. The lowest BCUT2D eigenvalue weighted by Crippen LogP contribution is -2.38. The molecule has 4 heterocycles. The van der Waals surface area contributed by atoms with Crippen LogP contribution in [0.1, 0.15) is 30.0 Å². The first-order chi connectivity index (χ1) is 17.1. The molecule has 0 radical (unpaired) electrons. The van der Waals surface area contributed by atoms with Gasteiger partial charge < -0.3 is 19.4 Å². The maximum absolute atomic E-state index is 11.5. The van der Waals surface area contributed by atoms with E-state index in [0.29, 0.717) is 22.2 Å². The van der Waals surface area contributed by atoms with E-state index in [-0.39, 0.29) is 17.8 Å². The third kappa shape index (κ3) is 5.04. The lowest BCUT2D eigenvalue weighted by molar-refractivity contribution is -0.384. The summed E-state index contributed by atoms with van der Waals surface area (Å²) < 4.78 is 11.7. The molecule has 2 aliphatic rings. The quantitative estimate of drug-likeness (QED) is 0.284. The second-order valence-electron chi connectivity index (χ2n) is 8.60. The summed E-state index contributed by atoms with van der Waals surface area (Å²) in [6, 6.07) is 15.7. The van der Waals surface area contributed by atoms with Crippen molar-refractivity contribution in [1.82, 2.24) is 20.1 Å². The van der Waals surface area contributed by atoms with Crippen LogP contribution < -0.4 is 5.32 Å². The number of pyridine rings is 1. The van der Waals surface area contributed by atoms with Crippen molar-refractivity contribution < 1.29 is 14.1 Å². The van der Waals surface area contributed by atoms with E-state index in [1.807, 2.05) is 24.3 Å². The minimum Gasteiger partial charge on any atom is -0.459 e. The zero-order valence-electron chi connectivity index (χ0n) is 19.2.